The van der Waals surface area contributed by atoms with Gasteiger partial charge in [0.1, 0.15) is 5.69 Å². The summed E-state index contributed by atoms with van der Waals surface area (Å²) in [6.45, 7) is 0.143. The maximum absolute atomic E-state index is 12.2. The van der Waals surface area contributed by atoms with Gasteiger partial charge in [0.2, 0.25) is 0 Å². The lowest BCUT2D eigenvalue weighted by Crippen LogP contribution is -2.10. The second-order valence-corrected chi connectivity index (χ2v) is 7.80. The molecule has 0 aliphatic carbocycles. The molecule has 0 aliphatic rings. The van der Waals surface area contributed by atoms with Gasteiger partial charge >= 0.3 is 5.97 Å². The molecule has 8 nitrogen and oxygen atoms in total. The van der Waals surface area contributed by atoms with Gasteiger partial charge in [0.05, 0.1) is 17.8 Å². The van der Waals surface area contributed by atoms with Gasteiger partial charge in [-0.15, -0.1) is 0 Å². The van der Waals surface area contributed by atoms with Gasteiger partial charge < -0.3 is 14.2 Å². The molecular weight excluding hydrogens is 430 g/mol. The zero-order valence-corrected chi connectivity index (χ0v) is 17.8. The van der Waals surface area contributed by atoms with Gasteiger partial charge in [-0.2, -0.15) is 4.98 Å². The monoisotopic (exact) mass is 447 g/mol. The first-order chi connectivity index (χ1) is 16.7. The van der Waals surface area contributed by atoms with Gasteiger partial charge in [0.15, 0.2) is 5.82 Å². The lowest BCUT2D eigenvalue weighted by Gasteiger charge is -2.08. The first kappa shape index (κ1) is 19.8. The van der Waals surface area contributed by atoms with Crippen molar-refractivity contribution in [1.82, 2.24) is 24.7 Å². The number of rotatable bonds is 5. The number of aromatic nitrogens is 5. The van der Waals surface area contributed by atoms with E-state index in [9.17, 15) is 9.90 Å². The van der Waals surface area contributed by atoms with Gasteiger partial charge in [-0.3, -0.25) is 9.97 Å². The van der Waals surface area contributed by atoms with Crippen LogP contribution in [0, 0.1) is 0 Å². The third-order valence-corrected chi connectivity index (χ3v) is 5.77. The predicted molar refractivity (Wildman–Crippen MR) is 126 cm³/mol. The highest BCUT2D eigenvalue weighted by Crippen LogP contribution is 2.34. The second-order valence-electron chi connectivity index (χ2n) is 7.80. The molecule has 0 radical (unpaired) electrons. The van der Waals surface area contributed by atoms with Gasteiger partial charge in [0.25, 0.3) is 5.89 Å². The smallest absolute Gasteiger partial charge is 0.352 e. The molecular formula is C26H17N5O3. The molecule has 4 heterocycles. The highest BCUT2D eigenvalue weighted by atomic mass is 16.5. The van der Waals surface area contributed by atoms with E-state index in [1.165, 1.54) is 0 Å². The lowest BCUT2D eigenvalue weighted by molar-refractivity contribution is 0.0686. The van der Waals surface area contributed by atoms with E-state index < -0.39 is 5.97 Å². The Kier molecular flexibility index (Phi) is 4.62. The Labute approximate surface area is 193 Å². The Morgan fingerprint density at radius 2 is 1.85 bits per heavy atom. The molecule has 6 rings (SSSR count). The Bertz CT molecular complexity index is 1670. The van der Waals surface area contributed by atoms with Crippen molar-refractivity contribution in [1.29, 1.82) is 0 Å². The SMILES string of the molecule is O=C(O)c1cc2c(-c3cccc4cnccc34)nccc2n1Cc1noc(-c2ccccc2)n1. The van der Waals surface area contributed by atoms with Crippen LogP contribution in [0.3, 0.4) is 0 Å². The summed E-state index contributed by atoms with van der Waals surface area (Å²) in [4.78, 5) is 25.4. The highest BCUT2D eigenvalue weighted by molar-refractivity contribution is 6.05. The van der Waals surface area contributed by atoms with Crippen LogP contribution < -0.4 is 0 Å². The van der Waals surface area contributed by atoms with Crippen LogP contribution in [0.2, 0.25) is 0 Å². The average molecular weight is 447 g/mol. The lowest BCUT2D eigenvalue weighted by atomic mass is 10.0. The number of carbonyl (C=O) groups is 1. The van der Waals surface area contributed by atoms with Crippen molar-refractivity contribution in [3.05, 3.63) is 96.8 Å². The normalized spacial score (nSPS) is 11.3. The number of hydrogen-bond donors (Lipinski definition) is 1. The summed E-state index contributed by atoms with van der Waals surface area (Å²) in [6.07, 6.45) is 5.22. The summed E-state index contributed by atoms with van der Waals surface area (Å²) in [5, 5.41) is 16.7. The fourth-order valence-electron chi connectivity index (χ4n) is 4.23. The Hall–Kier alpha value is -4.85. The minimum atomic E-state index is -1.05. The van der Waals surface area contributed by atoms with E-state index in [1.807, 2.05) is 54.6 Å². The topological polar surface area (TPSA) is 107 Å². The summed E-state index contributed by atoms with van der Waals surface area (Å²) >= 11 is 0. The maximum Gasteiger partial charge on any atom is 0.352 e. The number of fused-ring (bicyclic) bond motifs is 2. The Morgan fingerprint density at radius 1 is 0.971 bits per heavy atom. The molecule has 0 saturated carbocycles. The summed E-state index contributed by atoms with van der Waals surface area (Å²) in [6, 6.07) is 20.7. The molecule has 0 spiro atoms. The van der Waals surface area contributed by atoms with Crippen LogP contribution in [0.25, 0.3) is 44.4 Å². The van der Waals surface area contributed by atoms with Gasteiger partial charge in [-0.1, -0.05) is 41.6 Å². The van der Waals surface area contributed by atoms with Crippen LogP contribution in [-0.2, 0) is 6.54 Å². The summed E-state index contributed by atoms with van der Waals surface area (Å²) in [7, 11) is 0. The van der Waals surface area contributed by atoms with Crippen molar-refractivity contribution in [3.8, 4) is 22.7 Å². The van der Waals surface area contributed by atoms with Crippen molar-refractivity contribution in [2.24, 2.45) is 0 Å². The number of carboxylic acids is 1. The number of aromatic carboxylic acids is 1. The standard InChI is InChI=1S/C26H17N5O3/c32-26(33)22-13-20-21(31(22)15-23-29-25(34-30-23)16-5-2-1-3-6-16)10-12-28-24(20)19-8-4-7-17-14-27-11-9-18(17)19/h1-14H,15H2,(H,32,33). The number of carboxylic acid groups (broad SMARTS) is 1. The van der Waals surface area contributed by atoms with Crippen LogP contribution in [0.4, 0.5) is 0 Å². The van der Waals surface area contributed by atoms with Crippen molar-refractivity contribution >= 4 is 27.6 Å². The number of benzene rings is 2. The summed E-state index contributed by atoms with van der Waals surface area (Å²) < 4.78 is 7.09. The first-order valence-corrected chi connectivity index (χ1v) is 10.6. The molecule has 0 atom stereocenters. The van der Waals surface area contributed by atoms with Crippen molar-refractivity contribution in [2.45, 2.75) is 6.54 Å². The van der Waals surface area contributed by atoms with Crippen LogP contribution in [0.5, 0.6) is 0 Å². The van der Waals surface area contributed by atoms with Crippen LogP contribution in [-0.4, -0.2) is 35.8 Å². The van der Waals surface area contributed by atoms with E-state index in [4.69, 9.17) is 4.52 Å². The van der Waals surface area contributed by atoms with Crippen molar-refractivity contribution in [2.75, 3.05) is 0 Å². The quantitative estimate of drug-likeness (QED) is 0.394. The van der Waals surface area contributed by atoms with Crippen LogP contribution in [0.15, 0.2) is 89.8 Å². The second kappa shape index (κ2) is 7.93. The third kappa shape index (κ3) is 3.29. The molecule has 164 valence electrons. The number of nitrogens with zero attached hydrogens (tertiary/aromatic N) is 5. The molecule has 1 N–H and O–H groups in total. The minimum absolute atomic E-state index is 0.122. The van der Waals surface area contributed by atoms with Gasteiger partial charge in [0, 0.05) is 40.5 Å². The van der Waals surface area contributed by atoms with Gasteiger partial charge in [-0.05, 0) is 35.7 Å². The molecule has 0 saturated heterocycles. The predicted octanol–water partition coefficient (Wildman–Crippen LogP) is 5.05. The Balaban J connectivity index is 1.49. The zero-order valence-electron chi connectivity index (χ0n) is 17.8. The number of pyridine rings is 2. The molecule has 6 aromatic rings. The van der Waals surface area contributed by atoms with Crippen LogP contribution >= 0.6 is 0 Å². The molecule has 8 heteroatoms. The van der Waals surface area contributed by atoms with Crippen molar-refractivity contribution < 1.29 is 14.4 Å². The fraction of sp³-hybridized carbons (Fsp3) is 0.0385. The summed E-state index contributed by atoms with van der Waals surface area (Å²) in [5.74, 6) is -0.278. The van der Waals surface area contributed by atoms with Crippen molar-refractivity contribution in [3.63, 3.8) is 0 Å². The first-order valence-electron chi connectivity index (χ1n) is 10.6. The van der Waals surface area contributed by atoms with E-state index >= 15 is 0 Å². The Morgan fingerprint density at radius 3 is 2.71 bits per heavy atom. The van der Waals surface area contributed by atoms with Crippen LogP contribution in [0.1, 0.15) is 16.3 Å². The molecule has 0 bridgehead atoms. The van der Waals surface area contributed by atoms with E-state index in [1.54, 1.807) is 35.3 Å². The molecule has 4 aromatic heterocycles. The molecule has 0 unspecified atom stereocenters. The van der Waals surface area contributed by atoms with E-state index in [-0.39, 0.29) is 12.2 Å². The van der Waals surface area contributed by atoms with Gasteiger partial charge in [-0.25, -0.2) is 4.79 Å². The molecule has 34 heavy (non-hydrogen) atoms. The molecule has 0 fully saturated rings. The van der Waals surface area contributed by atoms with E-state index in [2.05, 4.69) is 20.1 Å². The third-order valence-electron chi connectivity index (χ3n) is 5.77. The average Bonchev–Trinajstić information content (AvgIpc) is 3.50. The highest BCUT2D eigenvalue weighted by Gasteiger charge is 2.20. The zero-order chi connectivity index (χ0) is 23.1. The largest absolute Gasteiger partial charge is 0.477 e. The molecule has 0 amide bonds. The summed E-state index contributed by atoms with van der Waals surface area (Å²) in [5.41, 5.74) is 3.25. The molecule has 0 aliphatic heterocycles. The van der Waals surface area contributed by atoms with E-state index in [0.717, 1.165) is 32.8 Å². The number of hydrogen-bond acceptors (Lipinski definition) is 6. The van der Waals surface area contributed by atoms with E-state index in [0.29, 0.717) is 17.4 Å². The fourth-order valence-corrected chi connectivity index (χ4v) is 4.23. The minimum Gasteiger partial charge on any atom is -0.477 e. The molecule has 2 aromatic carbocycles. The maximum atomic E-state index is 12.2.